The maximum Gasteiger partial charge on any atom is 0.337 e. The number of nitrogens with zero attached hydrogens (tertiary/aromatic N) is 1. The van der Waals surface area contributed by atoms with E-state index in [2.05, 4.69) is 5.32 Å². The number of anilines is 1. The quantitative estimate of drug-likeness (QED) is 0.766. The molecule has 2 N–H and O–H groups in total. The Hall–Kier alpha value is -2.08. The molecule has 0 unspecified atom stereocenters. The number of hydrogen-bond donors (Lipinski definition) is 2. The third kappa shape index (κ3) is 4.26. The lowest BCUT2D eigenvalue weighted by Crippen LogP contribution is -2.38. The van der Waals surface area contributed by atoms with Crippen LogP contribution in [0.4, 0.5) is 10.5 Å². The molecule has 0 bridgehead atoms. The molecule has 0 aliphatic rings. The van der Waals surface area contributed by atoms with E-state index in [0.29, 0.717) is 25.3 Å². The van der Waals surface area contributed by atoms with Crippen LogP contribution in [0.1, 0.15) is 16.8 Å². The fraction of sp³-hybridized carbons (Fsp3) is 0.385. The normalized spacial score (nSPS) is 10.0. The molecule has 2 amide bonds. The number of benzene rings is 1. The molecule has 0 spiro atoms. The highest BCUT2D eigenvalue weighted by Gasteiger charge is 2.17. The van der Waals surface area contributed by atoms with Crippen molar-refractivity contribution in [3.8, 4) is 0 Å². The highest BCUT2D eigenvalue weighted by Crippen LogP contribution is 2.18. The summed E-state index contributed by atoms with van der Waals surface area (Å²) in [6.07, 6.45) is 0.705. The summed E-state index contributed by atoms with van der Waals surface area (Å²) in [7, 11) is 3.13. The number of carbonyl (C=O) groups excluding carboxylic acids is 1. The van der Waals surface area contributed by atoms with Gasteiger partial charge in [0.15, 0.2) is 0 Å². The van der Waals surface area contributed by atoms with Crippen LogP contribution in [-0.2, 0) is 4.74 Å². The Morgan fingerprint density at radius 2 is 2.05 bits per heavy atom. The van der Waals surface area contributed by atoms with Gasteiger partial charge in [-0.25, -0.2) is 9.59 Å². The van der Waals surface area contributed by atoms with Crippen molar-refractivity contribution in [3.63, 3.8) is 0 Å². The number of hydrogen-bond acceptors (Lipinski definition) is 3. The van der Waals surface area contributed by atoms with E-state index in [1.54, 1.807) is 25.3 Å². The summed E-state index contributed by atoms with van der Waals surface area (Å²) >= 11 is 0. The Labute approximate surface area is 112 Å². The van der Waals surface area contributed by atoms with E-state index < -0.39 is 5.97 Å². The van der Waals surface area contributed by atoms with Crippen molar-refractivity contribution in [2.24, 2.45) is 0 Å². The molecule has 0 heterocycles. The Morgan fingerprint density at radius 1 is 1.37 bits per heavy atom. The van der Waals surface area contributed by atoms with Gasteiger partial charge in [0.05, 0.1) is 11.3 Å². The molecule has 0 atom stereocenters. The summed E-state index contributed by atoms with van der Waals surface area (Å²) < 4.78 is 4.88. The van der Waals surface area contributed by atoms with Gasteiger partial charge in [-0.1, -0.05) is 12.1 Å². The third-order valence-electron chi connectivity index (χ3n) is 2.60. The van der Waals surface area contributed by atoms with Crippen LogP contribution in [0.25, 0.3) is 0 Å². The first-order chi connectivity index (χ1) is 9.07. The maximum absolute atomic E-state index is 11.9. The van der Waals surface area contributed by atoms with E-state index in [4.69, 9.17) is 9.84 Å². The van der Waals surface area contributed by atoms with Crippen molar-refractivity contribution in [3.05, 3.63) is 29.8 Å². The van der Waals surface area contributed by atoms with Crippen molar-refractivity contribution >= 4 is 17.7 Å². The topological polar surface area (TPSA) is 78.9 Å². The zero-order valence-electron chi connectivity index (χ0n) is 11.0. The van der Waals surface area contributed by atoms with Crippen LogP contribution in [0.2, 0.25) is 0 Å². The lowest BCUT2D eigenvalue weighted by atomic mass is 10.1. The van der Waals surface area contributed by atoms with Crippen LogP contribution >= 0.6 is 0 Å². The molecule has 1 aromatic carbocycles. The molecule has 0 aliphatic carbocycles. The van der Waals surface area contributed by atoms with E-state index in [1.165, 1.54) is 18.0 Å². The SMILES string of the molecule is COCCCNC(=O)N(C)c1ccccc1C(=O)O. The second-order valence-electron chi connectivity index (χ2n) is 3.96. The summed E-state index contributed by atoms with van der Waals surface area (Å²) in [5, 5.41) is 11.8. The largest absolute Gasteiger partial charge is 0.478 e. The molecule has 0 saturated carbocycles. The van der Waals surface area contributed by atoms with Crippen molar-refractivity contribution in [2.75, 3.05) is 32.2 Å². The van der Waals surface area contributed by atoms with E-state index >= 15 is 0 Å². The number of ether oxygens (including phenoxy) is 1. The molecule has 0 radical (unpaired) electrons. The zero-order chi connectivity index (χ0) is 14.3. The number of carboxylic acids is 1. The second kappa shape index (κ2) is 7.38. The van der Waals surface area contributed by atoms with Crippen molar-refractivity contribution in [2.45, 2.75) is 6.42 Å². The summed E-state index contributed by atoms with van der Waals surface area (Å²) in [4.78, 5) is 24.2. The van der Waals surface area contributed by atoms with Gasteiger partial charge in [0.25, 0.3) is 0 Å². The highest BCUT2D eigenvalue weighted by molar-refractivity contribution is 6.01. The summed E-state index contributed by atoms with van der Waals surface area (Å²) in [5.74, 6) is -1.06. The molecule has 1 aromatic rings. The van der Waals surface area contributed by atoms with Crippen molar-refractivity contribution < 1.29 is 19.4 Å². The van der Waals surface area contributed by atoms with Crippen LogP contribution < -0.4 is 10.2 Å². The van der Waals surface area contributed by atoms with Crippen LogP contribution in [-0.4, -0.2) is 44.4 Å². The van der Waals surface area contributed by atoms with Gasteiger partial charge in [0.2, 0.25) is 0 Å². The highest BCUT2D eigenvalue weighted by atomic mass is 16.5. The fourth-order valence-corrected chi connectivity index (χ4v) is 1.59. The minimum Gasteiger partial charge on any atom is -0.478 e. The Kier molecular flexibility index (Phi) is 5.81. The lowest BCUT2D eigenvalue weighted by molar-refractivity contribution is 0.0697. The van der Waals surface area contributed by atoms with E-state index in [9.17, 15) is 9.59 Å². The summed E-state index contributed by atoms with van der Waals surface area (Å²) in [6.45, 7) is 1.04. The smallest absolute Gasteiger partial charge is 0.337 e. The van der Waals surface area contributed by atoms with E-state index in [1.807, 2.05) is 0 Å². The molecule has 0 fully saturated rings. The van der Waals surface area contributed by atoms with Gasteiger partial charge in [-0.15, -0.1) is 0 Å². The monoisotopic (exact) mass is 266 g/mol. The minimum absolute atomic E-state index is 0.0945. The second-order valence-corrected chi connectivity index (χ2v) is 3.96. The van der Waals surface area contributed by atoms with Gasteiger partial charge in [0.1, 0.15) is 0 Å². The first-order valence-corrected chi connectivity index (χ1v) is 5.90. The third-order valence-corrected chi connectivity index (χ3v) is 2.60. The maximum atomic E-state index is 11.9. The molecule has 19 heavy (non-hydrogen) atoms. The van der Waals surface area contributed by atoms with Crippen molar-refractivity contribution in [1.82, 2.24) is 5.32 Å². The average Bonchev–Trinajstić information content (AvgIpc) is 2.42. The number of aromatic carboxylic acids is 1. The number of para-hydroxylation sites is 1. The zero-order valence-corrected chi connectivity index (χ0v) is 11.0. The molecule has 0 aliphatic heterocycles. The van der Waals surface area contributed by atoms with Gasteiger partial charge in [-0.3, -0.25) is 4.90 Å². The van der Waals surface area contributed by atoms with Crippen LogP contribution in [0, 0.1) is 0 Å². The van der Waals surface area contributed by atoms with Gasteiger partial charge < -0.3 is 15.2 Å². The summed E-state index contributed by atoms with van der Waals surface area (Å²) in [6, 6.07) is 6.03. The number of rotatable bonds is 6. The number of carboxylic acid groups (broad SMARTS) is 1. The Bertz CT molecular complexity index is 448. The number of urea groups is 1. The predicted octanol–water partition coefficient (Wildman–Crippen LogP) is 1.57. The van der Waals surface area contributed by atoms with Gasteiger partial charge in [-0.2, -0.15) is 0 Å². The van der Waals surface area contributed by atoms with Crippen LogP contribution in [0.3, 0.4) is 0 Å². The minimum atomic E-state index is -1.06. The van der Waals surface area contributed by atoms with Gasteiger partial charge in [-0.05, 0) is 18.6 Å². The van der Waals surface area contributed by atoms with Crippen LogP contribution in [0.5, 0.6) is 0 Å². The molecule has 6 heteroatoms. The standard InChI is InChI=1S/C13H18N2O4/c1-15(13(18)14-8-5-9-19-2)11-7-4-3-6-10(11)12(16)17/h3-4,6-7H,5,8-9H2,1-2H3,(H,14,18)(H,16,17). The first kappa shape index (κ1) is 15.0. The molecule has 1 rings (SSSR count). The number of methoxy groups -OCH3 is 1. The van der Waals surface area contributed by atoms with Gasteiger partial charge >= 0.3 is 12.0 Å². The molecule has 0 saturated heterocycles. The average molecular weight is 266 g/mol. The molecular formula is C13H18N2O4. The lowest BCUT2D eigenvalue weighted by Gasteiger charge is -2.19. The predicted molar refractivity (Wildman–Crippen MR) is 71.7 cm³/mol. The Balaban J connectivity index is 2.69. The van der Waals surface area contributed by atoms with Crippen LogP contribution in [0.15, 0.2) is 24.3 Å². The molecule has 0 aromatic heterocycles. The van der Waals surface area contributed by atoms with Crippen molar-refractivity contribution in [1.29, 1.82) is 0 Å². The summed E-state index contributed by atoms with van der Waals surface area (Å²) in [5.41, 5.74) is 0.455. The van der Waals surface area contributed by atoms with E-state index in [-0.39, 0.29) is 11.6 Å². The van der Waals surface area contributed by atoms with E-state index in [0.717, 1.165) is 0 Å². The Morgan fingerprint density at radius 3 is 2.68 bits per heavy atom. The fourth-order valence-electron chi connectivity index (χ4n) is 1.59. The number of amides is 2. The first-order valence-electron chi connectivity index (χ1n) is 5.90. The molecular weight excluding hydrogens is 248 g/mol. The van der Waals surface area contributed by atoms with Gasteiger partial charge in [0, 0.05) is 27.3 Å². The number of nitrogens with one attached hydrogen (secondary N) is 1. The molecule has 6 nitrogen and oxygen atoms in total. The molecule has 104 valence electrons. The number of carbonyl (C=O) groups is 2.